The Balaban J connectivity index is 0.000000290. The van der Waals surface area contributed by atoms with Gasteiger partial charge in [-0.15, -0.1) is 35.9 Å². The van der Waals surface area contributed by atoms with Crippen molar-refractivity contribution in [2.75, 3.05) is 56.6 Å². The molecule has 0 saturated heterocycles. The van der Waals surface area contributed by atoms with Crippen LogP contribution in [-0.2, 0) is 30.5 Å². The van der Waals surface area contributed by atoms with Gasteiger partial charge in [0.05, 0.1) is 6.26 Å². The third kappa shape index (κ3) is 11.9. The van der Waals surface area contributed by atoms with E-state index < -0.39 is 18.0 Å². The van der Waals surface area contributed by atoms with E-state index in [1.54, 1.807) is 0 Å². The molecule has 6 aromatic rings. The van der Waals surface area contributed by atoms with Crippen LogP contribution in [-0.4, -0.2) is 54.5 Å². The number of hydrogen-bond donors (Lipinski definition) is 2. The number of rotatable bonds is 8. The molecule has 9 heteroatoms. The monoisotopic (exact) mass is 808 g/mol. The molecule has 0 bridgehead atoms. The second kappa shape index (κ2) is 19.9. The number of hydrogen-bond acceptors (Lipinski definition) is 5. The van der Waals surface area contributed by atoms with Gasteiger partial charge in [-0.3, -0.25) is 4.55 Å². The maximum Gasteiger partial charge on any atom is 0.261 e. The fraction of sp³-hybridized carbons (Fsp3) is 0.143. The minimum absolute atomic E-state index is 0. The summed E-state index contributed by atoms with van der Waals surface area (Å²) < 4.78 is 25.9. The van der Waals surface area contributed by atoms with Gasteiger partial charge in [-0.2, -0.15) is 8.42 Å². The molecule has 0 unspecified atom stereocenters. The van der Waals surface area contributed by atoms with E-state index in [1.165, 1.54) is 44.0 Å². The molecule has 0 saturated carbocycles. The van der Waals surface area contributed by atoms with Gasteiger partial charge in [-0.05, 0) is 53.3 Å². The van der Waals surface area contributed by atoms with E-state index in [0.717, 1.165) is 11.3 Å². The molecule has 0 heterocycles. The van der Waals surface area contributed by atoms with Gasteiger partial charge in [0.15, 0.2) is 0 Å². The van der Waals surface area contributed by atoms with Gasteiger partial charge in [0.25, 0.3) is 10.1 Å². The van der Waals surface area contributed by atoms with Crippen LogP contribution in [0.2, 0.25) is 0 Å². The van der Waals surface area contributed by atoms with E-state index in [0.29, 0.717) is 6.26 Å². The van der Waals surface area contributed by atoms with Gasteiger partial charge in [0, 0.05) is 72.6 Å². The Kier molecular flexibility index (Phi) is 16.1. The minimum Gasteiger partial charge on any atom is -0.395 e. The molecule has 0 aliphatic carbocycles. The Morgan fingerprint density at radius 2 is 1.06 bits per heavy atom. The van der Waals surface area contributed by atoms with Crippen molar-refractivity contribution < 1.29 is 33.4 Å². The molecule has 0 aliphatic rings. The molecule has 2 N–H and O–H groups in total. The third-order valence-corrected chi connectivity index (χ3v) is 10.1. The Hall–Kier alpha value is -4.28. The van der Waals surface area contributed by atoms with E-state index >= 15 is 0 Å². The normalized spacial score (nSPS) is 10.4. The summed E-state index contributed by atoms with van der Waals surface area (Å²) in [6.45, 7) is 0. The summed E-state index contributed by atoms with van der Waals surface area (Å²) in [5.74, 6) is 0. The second-order valence-corrected chi connectivity index (χ2v) is 15.4. The average Bonchev–Trinajstić information content (AvgIpc) is 3.12. The topological polar surface area (TPSA) is 72.9 Å². The van der Waals surface area contributed by atoms with Crippen molar-refractivity contribution in [3.8, 4) is 22.3 Å². The summed E-state index contributed by atoms with van der Waals surface area (Å²) in [6.07, 6.45) is 0.715. The first-order valence-electron chi connectivity index (χ1n) is 16.1. The standard InChI is InChI=1S/C28H29N2P.C13H12N.CH4O3S.Pd/c1-29(2)25-19-13-20-26(30(3)4)28(25)24-18-11-12-21-27(24)31(22-14-7-5-8-15-22)23-16-9-6-10-17-23;1-14-13-10-6-5-9-12(13)11-7-3-2-4-8-11;1-5(2,3)4;/h5-21H,1-4H3;2-7,9-10,14H,1H3;1H3,(H,2,3,4);/q;-1;;. The van der Waals surface area contributed by atoms with Crippen molar-refractivity contribution in [1.29, 1.82) is 0 Å². The van der Waals surface area contributed by atoms with Crippen molar-refractivity contribution >= 4 is 51.0 Å². The average molecular weight is 809 g/mol. The first-order valence-corrected chi connectivity index (χ1v) is 19.3. The first-order chi connectivity index (χ1) is 24.0. The molecule has 0 amide bonds. The van der Waals surface area contributed by atoms with Crippen molar-refractivity contribution in [1.82, 2.24) is 0 Å². The molecule has 6 nitrogen and oxygen atoms in total. The third-order valence-electron chi connectivity index (χ3n) is 7.62. The molecule has 0 fully saturated rings. The van der Waals surface area contributed by atoms with Crippen LogP contribution >= 0.6 is 7.92 Å². The SMILES string of the molecule is CN(C)c1cccc(N(C)C)c1-c1ccccc1P(c1ccccc1)c1ccccc1.CNc1ccccc1-c1[c-]cccc1.CS(=O)(=O)O.[Pd]. The quantitative estimate of drug-likeness (QED) is 0.0705. The van der Waals surface area contributed by atoms with Gasteiger partial charge in [0.1, 0.15) is 0 Å². The van der Waals surface area contributed by atoms with Gasteiger partial charge < -0.3 is 15.1 Å². The molecule has 0 aliphatic heterocycles. The summed E-state index contributed by atoms with van der Waals surface area (Å²) in [6, 6.07) is 56.8. The maximum absolute atomic E-state index is 9.19. The number of anilines is 3. The molecule has 0 spiro atoms. The zero-order chi connectivity index (χ0) is 36.1. The van der Waals surface area contributed by atoms with Crippen molar-refractivity contribution in [3.63, 3.8) is 0 Å². The number of benzene rings is 6. The smallest absolute Gasteiger partial charge is 0.261 e. The summed E-state index contributed by atoms with van der Waals surface area (Å²) in [5, 5.41) is 7.29. The fourth-order valence-electron chi connectivity index (χ4n) is 5.51. The van der Waals surface area contributed by atoms with E-state index in [1.807, 2.05) is 37.4 Å². The number of para-hydroxylation sites is 1. The van der Waals surface area contributed by atoms with E-state index in [-0.39, 0.29) is 20.4 Å². The maximum atomic E-state index is 9.19. The van der Waals surface area contributed by atoms with Crippen LogP contribution in [0.25, 0.3) is 22.3 Å². The zero-order valence-electron chi connectivity index (χ0n) is 29.8. The molecular weight excluding hydrogens is 764 g/mol. The van der Waals surface area contributed by atoms with Gasteiger partial charge in [0.2, 0.25) is 0 Å². The molecule has 6 rings (SSSR count). The van der Waals surface area contributed by atoms with Crippen LogP contribution in [0.5, 0.6) is 0 Å². The van der Waals surface area contributed by atoms with Gasteiger partial charge >= 0.3 is 0 Å². The Morgan fingerprint density at radius 1 is 0.608 bits per heavy atom. The molecule has 0 radical (unpaired) electrons. The molecule has 0 atom stereocenters. The van der Waals surface area contributed by atoms with Gasteiger partial charge in [-0.25, -0.2) is 0 Å². The zero-order valence-corrected chi connectivity index (χ0v) is 33.0. The van der Waals surface area contributed by atoms with Crippen LogP contribution in [0, 0.1) is 6.07 Å². The van der Waals surface area contributed by atoms with Crippen molar-refractivity contribution in [2.24, 2.45) is 0 Å². The van der Waals surface area contributed by atoms with Crippen LogP contribution in [0.1, 0.15) is 0 Å². The van der Waals surface area contributed by atoms with Gasteiger partial charge in [-0.1, -0.05) is 115 Å². The molecular formula is C42H45N3O3PPdS-. The molecule has 0 aromatic heterocycles. The Labute approximate surface area is 319 Å². The van der Waals surface area contributed by atoms with Crippen LogP contribution in [0.3, 0.4) is 0 Å². The van der Waals surface area contributed by atoms with Crippen molar-refractivity contribution in [3.05, 3.63) is 158 Å². The summed E-state index contributed by atoms with van der Waals surface area (Å²) in [4.78, 5) is 4.43. The van der Waals surface area contributed by atoms with Crippen molar-refractivity contribution in [2.45, 2.75) is 0 Å². The van der Waals surface area contributed by atoms with E-state index in [2.05, 4.69) is 171 Å². The van der Waals surface area contributed by atoms with E-state index in [9.17, 15) is 8.42 Å². The molecule has 51 heavy (non-hydrogen) atoms. The van der Waals surface area contributed by atoms with Crippen LogP contribution < -0.4 is 31.0 Å². The number of nitrogens with one attached hydrogen (secondary N) is 1. The summed E-state index contributed by atoms with van der Waals surface area (Å²) in [7, 11) is 6.07. The number of nitrogens with zero attached hydrogens (tertiary/aromatic N) is 2. The summed E-state index contributed by atoms with van der Waals surface area (Å²) in [5.41, 5.74) is 8.49. The molecule has 268 valence electrons. The van der Waals surface area contributed by atoms with Crippen LogP contribution in [0.15, 0.2) is 152 Å². The molecule has 6 aromatic carbocycles. The largest absolute Gasteiger partial charge is 0.395 e. The predicted octanol–water partition coefficient (Wildman–Crippen LogP) is 7.94. The first kappa shape index (κ1) is 41.1. The minimum atomic E-state index is -3.67. The predicted molar refractivity (Wildman–Crippen MR) is 217 cm³/mol. The van der Waals surface area contributed by atoms with E-state index in [4.69, 9.17) is 4.55 Å². The second-order valence-electron chi connectivity index (χ2n) is 11.8. The Morgan fingerprint density at radius 3 is 1.53 bits per heavy atom. The summed E-state index contributed by atoms with van der Waals surface area (Å²) >= 11 is 0. The Bertz CT molecular complexity index is 1970. The van der Waals surface area contributed by atoms with Crippen LogP contribution in [0.4, 0.5) is 17.1 Å². The fourth-order valence-corrected chi connectivity index (χ4v) is 7.97.